The number of likely N-dealkylation sites (tertiary alicyclic amines) is 1. The number of ether oxygens (including phenoxy) is 1. The number of aryl methyl sites for hydroxylation is 1. The van der Waals surface area contributed by atoms with Crippen molar-refractivity contribution in [3.63, 3.8) is 0 Å². The zero-order valence-electron chi connectivity index (χ0n) is 12.6. The molecule has 4 heteroatoms. The maximum Gasteiger partial charge on any atom is 0.251 e. The summed E-state index contributed by atoms with van der Waals surface area (Å²) in [6.07, 6.45) is 2.05. The van der Waals surface area contributed by atoms with Crippen LogP contribution >= 0.6 is 0 Å². The van der Waals surface area contributed by atoms with Gasteiger partial charge in [0.25, 0.3) is 5.91 Å². The minimum atomic E-state index is 0.0192. The Balaban J connectivity index is 1.97. The molecule has 110 valence electrons. The van der Waals surface area contributed by atoms with E-state index >= 15 is 0 Å². The van der Waals surface area contributed by atoms with E-state index in [0.29, 0.717) is 18.2 Å². The van der Waals surface area contributed by atoms with E-state index in [0.717, 1.165) is 37.2 Å². The average molecular weight is 276 g/mol. The number of piperidine rings is 1. The first kappa shape index (κ1) is 14.9. The van der Waals surface area contributed by atoms with Crippen molar-refractivity contribution in [2.45, 2.75) is 32.7 Å². The van der Waals surface area contributed by atoms with Crippen LogP contribution in [0.15, 0.2) is 18.2 Å². The van der Waals surface area contributed by atoms with E-state index < -0.39 is 0 Å². The molecule has 0 bridgehead atoms. The van der Waals surface area contributed by atoms with Crippen LogP contribution in [0.3, 0.4) is 0 Å². The van der Waals surface area contributed by atoms with E-state index in [9.17, 15) is 4.79 Å². The Labute approximate surface area is 121 Å². The zero-order chi connectivity index (χ0) is 14.5. The molecule has 1 amide bonds. The maximum atomic E-state index is 12.3. The SMILES string of the molecule is CCOc1ccc(C(=O)NC2CCN(C)CC2)cc1C. The standard InChI is InChI=1S/C16H24N2O2/c1-4-20-15-6-5-13(11-12(15)2)16(19)17-14-7-9-18(3)10-8-14/h5-6,11,14H,4,7-10H2,1-3H3,(H,17,19). The lowest BCUT2D eigenvalue weighted by Crippen LogP contribution is -2.43. The number of benzene rings is 1. The molecule has 0 aliphatic carbocycles. The quantitative estimate of drug-likeness (QED) is 0.917. The molecule has 0 radical (unpaired) electrons. The highest BCUT2D eigenvalue weighted by atomic mass is 16.5. The Morgan fingerprint density at radius 2 is 2.10 bits per heavy atom. The number of carbonyl (C=O) groups is 1. The summed E-state index contributed by atoms with van der Waals surface area (Å²) in [5, 5.41) is 3.13. The fourth-order valence-corrected chi connectivity index (χ4v) is 2.53. The first-order valence-corrected chi connectivity index (χ1v) is 7.33. The lowest BCUT2D eigenvalue weighted by molar-refractivity contribution is 0.0916. The molecule has 1 heterocycles. The summed E-state index contributed by atoms with van der Waals surface area (Å²) in [5.41, 5.74) is 1.72. The second-order valence-corrected chi connectivity index (χ2v) is 5.46. The molecule has 2 rings (SSSR count). The average Bonchev–Trinajstić information content (AvgIpc) is 2.44. The van der Waals surface area contributed by atoms with Crippen molar-refractivity contribution in [3.05, 3.63) is 29.3 Å². The second kappa shape index (κ2) is 6.75. The number of rotatable bonds is 4. The monoisotopic (exact) mass is 276 g/mol. The van der Waals surface area contributed by atoms with Crippen LogP contribution < -0.4 is 10.1 Å². The smallest absolute Gasteiger partial charge is 0.251 e. The van der Waals surface area contributed by atoms with Gasteiger partial charge in [-0.1, -0.05) is 0 Å². The molecular weight excluding hydrogens is 252 g/mol. The molecule has 1 aromatic rings. The van der Waals surface area contributed by atoms with Crippen LogP contribution in [-0.4, -0.2) is 43.6 Å². The normalized spacial score (nSPS) is 16.9. The summed E-state index contributed by atoms with van der Waals surface area (Å²) in [5.74, 6) is 0.869. The highest BCUT2D eigenvalue weighted by molar-refractivity contribution is 5.94. The van der Waals surface area contributed by atoms with Crippen LogP contribution in [0.25, 0.3) is 0 Å². The summed E-state index contributed by atoms with van der Waals surface area (Å²) < 4.78 is 5.50. The van der Waals surface area contributed by atoms with Gasteiger partial charge in [0.1, 0.15) is 5.75 Å². The number of hydrogen-bond acceptors (Lipinski definition) is 3. The van der Waals surface area contributed by atoms with E-state index in [1.165, 1.54) is 0 Å². The molecule has 1 aliphatic heterocycles. The minimum Gasteiger partial charge on any atom is -0.494 e. The molecule has 20 heavy (non-hydrogen) atoms. The first-order valence-electron chi connectivity index (χ1n) is 7.33. The van der Waals surface area contributed by atoms with Crippen LogP contribution in [0, 0.1) is 6.92 Å². The van der Waals surface area contributed by atoms with Crippen LogP contribution in [0.4, 0.5) is 0 Å². The fourth-order valence-electron chi connectivity index (χ4n) is 2.53. The Bertz CT molecular complexity index is 466. The molecule has 1 aromatic carbocycles. The van der Waals surface area contributed by atoms with Crippen molar-refractivity contribution >= 4 is 5.91 Å². The van der Waals surface area contributed by atoms with Gasteiger partial charge in [-0.2, -0.15) is 0 Å². The highest BCUT2D eigenvalue weighted by Gasteiger charge is 2.19. The third-order valence-electron chi connectivity index (χ3n) is 3.79. The molecule has 0 atom stereocenters. The summed E-state index contributed by atoms with van der Waals surface area (Å²) in [7, 11) is 2.12. The van der Waals surface area contributed by atoms with Crippen molar-refractivity contribution < 1.29 is 9.53 Å². The van der Waals surface area contributed by atoms with Crippen molar-refractivity contribution in [2.75, 3.05) is 26.7 Å². The predicted molar refractivity (Wildman–Crippen MR) is 80.3 cm³/mol. The van der Waals surface area contributed by atoms with Gasteiger partial charge < -0.3 is 15.0 Å². The Morgan fingerprint density at radius 3 is 2.70 bits per heavy atom. The summed E-state index contributed by atoms with van der Waals surface area (Å²) in [4.78, 5) is 14.5. The molecule has 1 saturated heterocycles. The number of hydrogen-bond donors (Lipinski definition) is 1. The number of nitrogens with one attached hydrogen (secondary N) is 1. The van der Waals surface area contributed by atoms with Gasteiger partial charge in [0.2, 0.25) is 0 Å². The lowest BCUT2D eigenvalue weighted by atomic mass is 10.0. The Morgan fingerprint density at radius 1 is 1.40 bits per heavy atom. The number of nitrogens with zero attached hydrogens (tertiary/aromatic N) is 1. The number of amides is 1. The molecule has 0 unspecified atom stereocenters. The highest BCUT2D eigenvalue weighted by Crippen LogP contribution is 2.19. The van der Waals surface area contributed by atoms with Gasteiger partial charge >= 0.3 is 0 Å². The minimum absolute atomic E-state index is 0.0192. The van der Waals surface area contributed by atoms with Crippen LogP contribution in [0.1, 0.15) is 35.7 Å². The van der Waals surface area contributed by atoms with Crippen molar-refractivity contribution in [1.82, 2.24) is 10.2 Å². The third kappa shape index (κ3) is 3.73. The second-order valence-electron chi connectivity index (χ2n) is 5.46. The predicted octanol–water partition coefficient (Wildman–Crippen LogP) is 2.22. The van der Waals surface area contributed by atoms with Gasteiger partial charge in [-0.05, 0) is 70.6 Å². The van der Waals surface area contributed by atoms with Gasteiger partial charge in [0.05, 0.1) is 6.61 Å². The van der Waals surface area contributed by atoms with Crippen molar-refractivity contribution in [2.24, 2.45) is 0 Å². The van der Waals surface area contributed by atoms with Crippen molar-refractivity contribution in [1.29, 1.82) is 0 Å². The van der Waals surface area contributed by atoms with Crippen LogP contribution in [-0.2, 0) is 0 Å². The molecule has 0 spiro atoms. The van der Waals surface area contributed by atoms with Gasteiger partial charge in [-0.15, -0.1) is 0 Å². The van der Waals surface area contributed by atoms with Gasteiger partial charge in [0.15, 0.2) is 0 Å². The Kier molecular flexibility index (Phi) is 5.01. The van der Waals surface area contributed by atoms with E-state index in [-0.39, 0.29) is 5.91 Å². The van der Waals surface area contributed by atoms with E-state index in [4.69, 9.17) is 4.74 Å². The van der Waals surface area contributed by atoms with Crippen LogP contribution in [0.5, 0.6) is 5.75 Å². The molecule has 1 fully saturated rings. The van der Waals surface area contributed by atoms with E-state index in [1.54, 1.807) is 0 Å². The summed E-state index contributed by atoms with van der Waals surface area (Å²) in [6.45, 7) is 6.67. The van der Waals surface area contributed by atoms with Gasteiger partial charge in [-0.25, -0.2) is 0 Å². The zero-order valence-corrected chi connectivity index (χ0v) is 12.6. The molecule has 0 saturated carbocycles. The molecular formula is C16H24N2O2. The topological polar surface area (TPSA) is 41.6 Å². The molecule has 4 nitrogen and oxygen atoms in total. The molecule has 1 aliphatic rings. The Hall–Kier alpha value is -1.55. The van der Waals surface area contributed by atoms with E-state index in [2.05, 4.69) is 17.3 Å². The molecule has 1 N–H and O–H groups in total. The third-order valence-corrected chi connectivity index (χ3v) is 3.79. The number of carbonyl (C=O) groups excluding carboxylic acids is 1. The van der Waals surface area contributed by atoms with Gasteiger partial charge in [0, 0.05) is 11.6 Å². The maximum absolute atomic E-state index is 12.3. The summed E-state index contributed by atoms with van der Waals surface area (Å²) >= 11 is 0. The van der Waals surface area contributed by atoms with Crippen molar-refractivity contribution in [3.8, 4) is 5.75 Å². The summed E-state index contributed by atoms with van der Waals surface area (Å²) in [6, 6.07) is 5.91. The van der Waals surface area contributed by atoms with Gasteiger partial charge in [-0.3, -0.25) is 4.79 Å². The molecule has 0 aromatic heterocycles. The first-order chi connectivity index (χ1) is 9.60. The van der Waals surface area contributed by atoms with E-state index in [1.807, 2.05) is 32.0 Å². The largest absolute Gasteiger partial charge is 0.494 e. The van der Waals surface area contributed by atoms with Crippen LogP contribution in [0.2, 0.25) is 0 Å². The fraction of sp³-hybridized carbons (Fsp3) is 0.562. The lowest BCUT2D eigenvalue weighted by Gasteiger charge is -2.29.